The Kier molecular flexibility index (Phi) is 3.22. The second-order valence-corrected chi connectivity index (χ2v) is 4.04. The number of rotatable bonds is 4. The maximum absolute atomic E-state index is 4.32. The van der Waals surface area contributed by atoms with Gasteiger partial charge in [-0.05, 0) is 12.1 Å². The van der Waals surface area contributed by atoms with Crippen LogP contribution in [-0.2, 0) is 13.6 Å². The lowest BCUT2D eigenvalue weighted by Gasteiger charge is -2.11. The largest absolute Gasteiger partial charge is 0.378 e. The van der Waals surface area contributed by atoms with Crippen LogP contribution in [0.4, 0.5) is 11.5 Å². The average Bonchev–Trinajstić information content (AvgIpc) is 2.73. The van der Waals surface area contributed by atoms with Crippen molar-refractivity contribution in [2.45, 2.75) is 6.54 Å². The number of aromatic nitrogens is 4. The smallest absolute Gasteiger partial charge is 0.128 e. The maximum Gasteiger partial charge on any atom is 0.128 e. The van der Waals surface area contributed by atoms with Crippen LogP contribution >= 0.6 is 0 Å². The van der Waals surface area contributed by atoms with Crippen molar-refractivity contribution in [2.24, 2.45) is 7.05 Å². The van der Waals surface area contributed by atoms with Crippen molar-refractivity contribution in [2.75, 3.05) is 24.3 Å². The quantitative estimate of drug-likeness (QED) is 0.848. The van der Waals surface area contributed by atoms with Gasteiger partial charge in [0.15, 0.2) is 0 Å². The molecule has 0 fully saturated rings. The van der Waals surface area contributed by atoms with Crippen LogP contribution in [0.3, 0.4) is 0 Å². The zero-order chi connectivity index (χ0) is 12.3. The van der Waals surface area contributed by atoms with E-state index in [4.69, 9.17) is 0 Å². The van der Waals surface area contributed by atoms with Gasteiger partial charge in [-0.25, -0.2) is 4.98 Å². The van der Waals surface area contributed by atoms with Crippen LogP contribution in [0, 0.1) is 0 Å². The Hall–Kier alpha value is -2.11. The molecule has 0 aliphatic heterocycles. The standard InChI is InChI=1S/C11H16N6/c1-16(2)11-5-4-9(6-13-11)12-7-10-8-17(3)15-14-10/h4-6,8,12H,7H2,1-3H3. The normalized spacial score (nSPS) is 10.3. The molecule has 6 nitrogen and oxygen atoms in total. The molecule has 0 aliphatic carbocycles. The summed E-state index contributed by atoms with van der Waals surface area (Å²) in [7, 11) is 5.79. The van der Waals surface area contributed by atoms with E-state index in [9.17, 15) is 0 Å². The third kappa shape index (κ3) is 2.93. The number of hydrogen-bond donors (Lipinski definition) is 1. The number of pyridine rings is 1. The molecular weight excluding hydrogens is 216 g/mol. The van der Waals surface area contributed by atoms with Crippen molar-refractivity contribution >= 4 is 11.5 Å². The van der Waals surface area contributed by atoms with Crippen LogP contribution in [-0.4, -0.2) is 34.1 Å². The third-order valence-electron chi connectivity index (χ3n) is 2.33. The van der Waals surface area contributed by atoms with Crippen molar-refractivity contribution in [3.63, 3.8) is 0 Å². The number of anilines is 2. The van der Waals surface area contributed by atoms with Gasteiger partial charge in [0, 0.05) is 27.3 Å². The van der Waals surface area contributed by atoms with Crippen LogP contribution < -0.4 is 10.2 Å². The second-order valence-electron chi connectivity index (χ2n) is 4.04. The summed E-state index contributed by atoms with van der Waals surface area (Å²) in [5.74, 6) is 0.940. The lowest BCUT2D eigenvalue weighted by atomic mass is 10.3. The summed E-state index contributed by atoms with van der Waals surface area (Å²) in [6.07, 6.45) is 3.69. The van der Waals surface area contributed by atoms with Gasteiger partial charge in [-0.2, -0.15) is 0 Å². The van der Waals surface area contributed by atoms with E-state index in [-0.39, 0.29) is 0 Å². The zero-order valence-corrected chi connectivity index (χ0v) is 10.3. The summed E-state index contributed by atoms with van der Waals surface area (Å²) >= 11 is 0. The average molecular weight is 232 g/mol. The highest BCUT2D eigenvalue weighted by Gasteiger charge is 2.00. The van der Waals surface area contributed by atoms with E-state index in [0.717, 1.165) is 17.2 Å². The minimum Gasteiger partial charge on any atom is -0.378 e. The monoisotopic (exact) mass is 232 g/mol. The first-order valence-electron chi connectivity index (χ1n) is 5.37. The van der Waals surface area contributed by atoms with E-state index in [1.54, 1.807) is 4.68 Å². The van der Waals surface area contributed by atoms with E-state index in [1.807, 2.05) is 50.6 Å². The summed E-state index contributed by atoms with van der Waals surface area (Å²) in [6.45, 7) is 0.650. The predicted octanol–water partition coefficient (Wildman–Crippen LogP) is 0.888. The van der Waals surface area contributed by atoms with Gasteiger partial charge in [0.1, 0.15) is 11.5 Å². The minimum atomic E-state index is 0.650. The Morgan fingerprint density at radius 3 is 2.71 bits per heavy atom. The highest BCUT2D eigenvalue weighted by Crippen LogP contribution is 2.12. The van der Waals surface area contributed by atoms with Crippen molar-refractivity contribution in [3.05, 3.63) is 30.2 Å². The van der Waals surface area contributed by atoms with Crippen LogP contribution in [0.25, 0.3) is 0 Å². The third-order valence-corrected chi connectivity index (χ3v) is 2.33. The highest BCUT2D eigenvalue weighted by atomic mass is 15.4. The molecule has 0 aromatic carbocycles. The predicted molar refractivity (Wildman–Crippen MR) is 66.9 cm³/mol. The molecule has 0 saturated carbocycles. The molecule has 6 heteroatoms. The molecular formula is C11H16N6. The first-order valence-corrected chi connectivity index (χ1v) is 5.37. The molecule has 2 aromatic heterocycles. The number of hydrogen-bond acceptors (Lipinski definition) is 5. The van der Waals surface area contributed by atoms with Gasteiger partial charge in [-0.1, -0.05) is 5.21 Å². The molecule has 0 spiro atoms. The topological polar surface area (TPSA) is 58.9 Å². The summed E-state index contributed by atoms with van der Waals surface area (Å²) in [4.78, 5) is 6.28. The molecule has 0 unspecified atom stereocenters. The number of aryl methyl sites for hydroxylation is 1. The van der Waals surface area contributed by atoms with Gasteiger partial charge in [0.05, 0.1) is 18.4 Å². The van der Waals surface area contributed by atoms with E-state index < -0.39 is 0 Å². The Morgan fingerprint density at radius 1 is 1.35 bits per heavy atom. The van der Waals surface area contributed by atoms with Crippen LogP contribution in [0.5, 0.6) is 0 Å². The molecule has 2 heterocycles. The summed E-state index contributed by atoms with van der Waals surface area (Å²) < 4.78 is 1.68. The summed E-state index contributed by atoms with van der Waals surface area (Å²) in [6, 6.07) is 3.97. The molecule has 0 aliphatic rings. The molecule has 0 radical (unpaired) electrons. The second kappa shape index (κ2) is 4.82. The first kappa shape index (κ1) is 11.4. The maximum atomic E-state index is 4.32. The van der Waals surface area contributed by atoms with Gasteiger partial charge in [-0.3, -0.25) is 4.68 Å². The van der Waals surface area contributed by atoms with Gasteiger partial charge < -0.3 is 10.2 Å². The van der Waals surface area contributed by atoms with Crippen molar-refractivity contribution in [1.29, 1.82) is 0 Å². The highest BCUT2D eigenvalue weighted by molar-refractivity contribution is 5.47. The van der Waals surface area contributed by atoms with Crippen LogP contribution in [0.2, 0.25) is 0 Å². The fourth-order valence-corrected chi connectivity index (χ4v) is 1.42. The van der Waals surface area contributed by atoms with E-state index >= 15 is 0 Å². The summed E-state index contributed by atoms with van der Waals surface area (Å²) in [5, 5.41) is 11.1. The van der Waals surface area contributed by atoms with Gasteiger partial charge in [-0.15, -0.1) is 5.10 Å². The Balaban J connectivity index is 1.95. The molecule has 17 heavy (non-hydrogen) atoms. The Morgan fingerprint density at radius 2 is 2.18 bits per heavy atom. The van der Waals surface area contributed by atoms with Gasteiger partial charge in [0.2, 0.25) is 0 Å². The van der Waals surface area contributed by atoms with Crippen LogP contribution in [0.15, 0.2) is 24.5 Å². The molecule has 90 valence electrons. The van der Waals surface area contributed by atoms with Gasteiger partial charge >= 0.3 is 0 Å². The van der Waals surface area contributed by atoms with E-state index in [2.05, 4.69) is 20.6 Å². The molecule has 2 rings (SSSR count). The fraction of sp³-hybridized carbons (Fsp3) is 0.364. The van der Waals surface area contributed by atoms with Crippen molar-refractivity contribution in [1.82, 2.24) is 20.0 Å². The zero-order valence-electron chi connectivity index (χ0n) is 10.3. The lowest BCUT2D eigenvalue weighted by molar-refractivity contribution is 0.713. The SMILES string of the molecule is CN(C)c1ccc(NCc2cn(C)nn2)cn1. The van der Waals surface area contributed by atoms with Crippen LogP contribution in [0.1, 0.15) is 5.69 Å². The summed E-state index contributed by atoms with van der Waals surface area (Å²) in [5.41, 5.74) is 1.88. The lowest BCUT2D eigenvalue weighted by Crippen LogP contribution is -2.10. The van der Waals surface area contributed by atoms with E-state index in [1.165, 1.54) is 0 Å². The molecule has 0 amide bonds. The van der Waals surface area contributed by atoms with Crippen molar-refractivity contribution < 1.29 is 0 Å². The number of nitrogens with zero attached hydrogens (tertiary/aromatic N) is 5. The fourth-order valence-electron chi connectivity index (χ4n) is 1.42. The molecule has 0 saturated heterocycles. The first-order chi connectivity index (χ1) is 8.15. The Bertz CT molecular complexity index is 473. The molecule has 0 bridgehead atoms. The van der Waals surface area contributed by atoms with Crippen molar-refractivity contribution in [3.8, 4) is 0 Å². The molecule has 0 atom stereocenters. The minimum absolute atomic E-state index is 0.650. The Labute approximate surface area is 100 Å². The van der Waals surface area contributed by atoms with Gasteiger partial charge in [0.25, 0.3) is 0 Å². The molecule has 2 aromatic rings. The molecule has 1 N–H and O–H groups in total. The number of nitrogens with one attached hydrogen (secondary N) is 1. The van der Waals surface area contributed by atoms with E-state index in [0.29, 0.717) is 6.54 Å².